The van der Waals surface area contributed by atoms with Gasteiger partial charge < -0.3 is 14.8 Å². The van der Waals surface area contributed by atoms with E-state index in [1.807, 2.05) is 6.07 Å². The summed E-state index contributed by atoms with van der Waals surface area (Å²) in [7, 11) is 0. The molecule has 0 heterocycles. The third kappa shape index (κ3) is 5.46. The van der Waals surface area contributed by atoms with Gasteiger partial charge in [0.15, 0.2) is 12.2 Å². The molecule has 7 nitrogen and oxygen atoms in total. The van der Waals surface area contributed by atoms with Gasteiger partial charge in [0.25, 0.3) is 5.91 Å². The van der Waals surface area contributed by atoms with E-state index < -0.39 is 29.6 Å². The second-order valence-corrected chi connectivity index (χ2v) is 6.72. The summed E-state index contributed by atoms with van der Waals surface area (Å²) in [5.74, 6) is -0.754. The second-order valence-electron chi connectivity index (χ2n) is 6.72. The standard InChI is InChI=1S/C20H23N3O4/c1-14(18(24)23-20(13-22)10-4-3-5-11-20)27-19(25)15(2)26-17-8-6-16(12-21)7-9-17/h6-9,14-15H,3-5,10-11H2,1-2H3,(H,23,24)/t14-,15+/m1/s1. The van der Waals surface area contributed by atoms with Gasteiger partial charge in [-0.05, 0) is 51.0 Å². The van der Waals surface area contributed by atoms with E-state index in [4.69, 9.17) is 14.7 Å². The van der Waals surface area contributed by atoms with Crippen molar-refractivity contribution in [2.24, 2.45) is 0 Å². The van der Waals surface area contributed by atoms with Crippen LogP contribution in [0.5, 0.6) is 5.75 Å². The topological polar surface area (TPSA) is 112 Å². The Morgan fingerprint density at radius 1 is 1.07 bits per heavy atom. The van der Waals surface area contributed by atoms with Crippen molar-refractivity contribution in [3.05, 3.63) is 29.8 Å². The molecule has 1 aromatic rings. The van der Waals surface area contributed by atoms with E-state index in [-0.39, 0.29) is 0 Å². The average molecular weight is 369 g/mol. The van der Waals surface area contributed by atoms with Crippen LogP contribution in [0.4, 0.5) is 0 Å². The lowest BCUT2D eigenvalue weighted by Gasteiger charge is -2.32. The van der Waals surface area contributed by atoms with Crippen molar-refractivity contribution in [2.75, 3.05) is 0 Å². The molecule has 27 heavy (non-hydrogen) atoms. The SMILES string of the molecule is C[C@H](Oc1ccc(C#N)cc1)C(=O)O[C@H](C)C(=O)NC1(C#N)CCCCC1. The first-order valence-electron chi connectivity index (χ1n) is 9.00. The number of nitriles is 2. The normalized spacial score (nSPS) is 17.5. The Morgan fingerprint density at radius 2 is 1.70 bits per heavy atom. The Hall–Kier alpha value is -3.06. The van der Waals surface area contributed by atoms with Gasteiger partial charge in [0.05, 0.1) is 17.7 Å². The maximum atomic E-state index is 12.4. The molecule has 0 aliphatic heterocycles. The minimum Gasteiger partial charge on any atom is -0.479 e. The molecular formula is C20H23N3O4. The Morgan fingerprint density at radius 3 is 2.26 bits per heavy atom. The number of hydrogen-bond acceptors (Lipinski definition) is 6. The van der Waals surface area contributed by atoms with E-state index in [1.54, 1.807) is 24.3 Å². The lowest BCUT2D eigenvalue weighted by Crippen LogP contribution is -2.52. The molecule has 142 valence electrons. The van der Waals surface area contributed by atoms with Crippen molar-refractivity contribution in [1.29, 1.82) is 10.5 Å². The summed E-state index contributed by atoms with van der Waals surface area (Å²) in [5.41, 5.74) is -0.391. The monoisotopic (exact) mass is 369 g/mol. The Bertz CT molecular complexity index is 755. The third-order valence-electron chi connectivity index (χ3n) is 4.57. The zero-order valence-corrected chi connectivity index (χ0v) is 15.5. The minimum absolute atomic E-state index is 0.418. The van der Waals surface area contributed by atoms with Gasteiger partial charge in [0.1, 0.15) is 11.3 Å². The number of carbonyl (C=O) groups excluding carboxylic acids is 2. The zero-order valence-electron chi connectivity index (χ0n) is 15.5. The van der Waals surface area contributed by atoms with Crippen LogP contribution in [-0.4, -0.2) is 29.6 Å². The number of rotatable bonds is 6. The number of amides is 1. The summed E-state index contributed by atoms with van der Waals surface area (Å²) >= 11 is 0. The van der Waals surface area contributed by atoms with Crippen molar-refractivity contribution < 1.29 is 19.1 Å². The molecule has 1 fully saturated rings. The van der Waals surface area contributed by atoms with E-state index >= 15 is 0 Å². The zero-order chi connectivity index (χ0) is 19.9. The predicted molar refractivity (Wildman–Crippen MR) is 96.4 cm³/mol. The molecule has 0 radical (unpaired) electrons. The van der Waals surface area contributed by atoms with E-state index in [1.165, 1.54) is 13.8 Å². The van der Waals surface area contributed by atoms with Crippen molar-refractivity contribution in [3.8, 4) is 17.9 Å². The summed E-state index contributed by atoms with van der Waals surface area (Å²) in [6, 6.07) is 10.5. The van der Waals surface area contributed by atoms with Gasteiger partial charge in [0.2, 0.25) is 0 Å². The molecule has 1 aliphatic carbocycles. The second kappa shape index (κ2) is 9.05. The van der Waals surface area contributed by atoms with Crippen LogP contribution in [0.25, 0.3) is 0 Å². The maximum absolute atomic E-state index is 12.4. The molecule has 2 rings (SSSR count). The molecule has 0 spiro atoms. The van der Waals surface area contributed by atoms with Crippen LogP contribution < -0.4 is 10.1 Å². The number of esters is 1. The minimum atomic E-state index is -1.03. The largest absolute Gasteiger partial charge is 0.479 e. The van der Waals surface area contributed by atoms with Crippen LogP contribution in [0.15, 0.2) is 24.3 Å². The molecule has 1 amide bonds. The third-order valence-corrected chi connectivity index (χ3v) is 4.57. The lowest BCUT2D eigenvalue weighted by molar-refractivity contribution is -0.161. The molecule has 0 aromatic heterocycles. The molecule has 1 aromatic carbocycles. The first-order valence-corrected chi connectivity index (χ1v) is 9.00. The van der Waals surface area contributed by atoms with Gasteiger partial charge in [-0.15, -0.1) is 0 Å². The first-order chi connectivity index (χ1) is 12.9. The Kier molecular flexibility index (Phi) is 6.79. The Balaban J connectivity index is 1.88. The highest BCUT2D eigenvalue weighted by Gasteiger charge is 2.35. The van der Waals surface area contributed by atoms with E-state index in [0.29, 0.717) is 24.2 Å². The van der Waals surface area contributed by atoms with Crippen LogP contribution in [0, 0.1) is 22.7 Å². The molecule has 0 bridgehead atoms. The predicted octanol–water partition coefficient (Wildman–Crippen LogP) is 2.60. The van der Waals surface area contributed by atoms with Gasteiger partial charge >= 0.3 is 5.97 Å². The fourth-order valence-electron chi connectivity index (χ4n) is 2.94. The molecule has 2 atom stereocenters. The van der Waals surface area contributed by atoms with Crippen LogP contribution in [-0.2, 0) is 14.3 Å². The number of nitrogens with one attached hydrogen (secondary N) is 1. The summed E-state index contributed by atoms with van der Waals surface area (Å²) in [5, 5.41) is 21.0. The molecule has 0 saturated heterocycles. The Labute approximate surface area is 158 Å². The smallest absolute Gasteiger partial charge is 0.347 e. The maximum Gasteiger partial charge on any atom is 0.347 e. The van der Waals surface area contributed by atoms with Crippen molar-refractivity contribution in [1.82, 2.24) is 5.32 Å². The van der Waals surface area contributed by atoms with Crippen molar-refractivity contribution >= 4 is 11.9 Å². The highest BCUT2D eigenvalue weighted by atomic mass is 16.6. The summed E-state index contributed by atoms with van der Waals surface area (Å²) in [6.07, 6.45) is 2.08. The fraction of sp³-hybridized carbons (Fsp3) is 0.500. The van der Waals surface area contributed by atoms with Crippen LogP contribution >= 0.6 is 0 Å². The number of ether oxygens (including phenoxy) is 2. The summed E-state index contributed by atoms with van der Waals surface area (Å²) in [4.78, 5) is 24.5. The van der Waals surface area contributed by atoms with E-state index in [9.17, 15) is 14.9 Å². The summed E-state index contributed by atoms with van der Waals surface area (Å²) < 4.78 is 10.7. The first kappa shape index (κ1) is 20.3. The molecule has 7 heteroatoms. The quantitative estimate of drug-likeness (QED) is 0.771. The highest BCUT2D eigenvalue weighted by molar-refractivity contribution is 5.85. The van der Waals surface area contributed by atoms with Crippen LogP contribution in [0.2, 0.25) is 0 Å². The van der Waals surface area contributed by atoms with Crippen molar-refractivity contribution in [3.63, 3.8) is 0 Å². The number of hydrogen-bond donors (Lipinski definition) is 1. The van der Waals surface area contributed by atoms with Gasteiger partial charge in [-0.2, -0.15) is 10.5 Å². The van der Waals surface area contributed by atoms with Crippen molar-refractivity contribution in [2.45, 2.75) is 63.7 Å². The number of benzene rings is 1. The number of carbonyl (C=O) groups is 2. The molecular weight excluding hydrogens is 346 g/mol. The van der Waals surface area contributed by atoms with Crippen LogP contribution in [0.1, 0.15) is 51.5 Å². The average Bonchev–Trinajstić information content (AvgIpc) is 2.69. The molecule has 1 N–H and O–H groups in total. The summed E-state index contributed by atoms with van der Waals surface area (Å²) in [6.45, 7) is 2.98. The van der Waals surface area contributed by atoms with Gasteiger partial charge in [-0.1, -0.05) is 19.3 Å². The van der Waals surface area contributed by atoms with E-state index in [0.717, 1.165) is 19.3 Å². The fourth-order valence-corrected chi connectivity index (χ4v) is 2.94. The highest BCUT2D eigenvalue weighted by Crippen LogP contribution is 2.27. The van der Waals surface area contributed by atoms with E-state index in [2.05, 4.69) is 11.4 Å². The van der Waals surface area contributed by atoms with Gasteiger partial charge in [-0.3, -0.25) is 4.79 Å². The lowest BCUT2D eigenvalue weighted by atomic mass is 9.83. The molecule has 1 saturated carbocycles. The molecule has 1 aliphatic rings. The van der Waals surface area contributed by atoms with Gasteiger partial charge in [-0.25, -0.2) is 4.79 Å². The number of nitrogens with zero attached hydrogens (tertiary/aromatic N) is 2. The van der Waals surface area contributed by atoms with Crippen LogP contribution in [0.3, 0.4) is 0 Å². The van der Waals surface area contributed by atoms with Gasteiger partial charge in [0, 0.05) is 0 Å². The molecule has 0 unspecified atom stereocenters.